The molecule has 194 valence electrons. The molecule has 38 heavy (non-hydrogen) atoms. The number of halogens is 4. The van der Waals surface area contributed by atoms with Crippen LogP contribution in [0, 0.1) is 19.8 Å². The fraction of sp³-hybridized carbons (Fsp3) is 0.185. The number of carbonyl (C=O) groups excluding carboxylic acids is 4. The predicted molar refractivity (Wildman–Crippen MR) is 157 cm³/mol. The molecule has 0 radical (unpaired) electrons. The molecule has 1 saturated heterocycles. The Morgan fingerprint density at radius 3 is 1.97 bits per heavy atom. The van der Waals surface area contributed by atoms with Gasteiger partial charge in [-0.1, -0.05) is 17.7 Å². The van der Waals surface area contributed by atoms with Gasteiger partial charge in [0.2, 0.25) is 5.91 Å². The van der Waals surface area contributed by atoms with Gasteiger partial charge in [-0.3, -0.25) is 19.2 Å². The van der Waals surface area contributed by atoms with Crippen LogP contribution in [0.15, 0.2) is 60.4 Å². The van der Waals surface area contributed by atoms with Gasteiger partial charge in [0.15, 0.2) is 0 Å². The molecule has 3 aromatic rings. The summed E-state index contributed by atoms with van der Waals surface area (Å²) in [6.07, 6.45) is 0.0632. The van der Waals surface area contributed by atoms with Crippen molar-refractivity contribution >= 4 is 98.8 Å². The number of carbonyl (C=O) groups is 4. The number of fused-ring (bicyclic) bond motifs is 1. The van der Waals surface area contributed by atoms with E-state index in [9.17, 15) is 19.2 Å². The normalized spacial score (nSPS) is 16.9. The number of rotatable bonds is 4. The number of benzene rings is 3. The van der Waals surface area contributed by atoms with Crippen LogP contribution in [-0.4, -0.2) is 30.2 Å². The number of ether oxygens (including phenoxy) is 1. The number of nitrogens with zero attached hydrogens (tertiary/aromatic N) is 2. The van der Waals surface area contributed by atoms with Crippen LogP contribution in [0.4, 0.5) is 11.4 Å². The van der Waals surface area contributed by atoms with E-state index in [1.807, 2.05) is 31.2 Å². The highest BCUT2D eigenvalue weighted by Crippen LogP contribution is 2.46. The molecule has 2 aliphatic rings. The number of hydrogen-bond donors (Lipinski definition) is 0. The number of aryl methyl sites for hydroxylation is 2. The molecular weight excluding hydrogens is 752 g/mol. The van der Waals surface area contributed by atoms with Crippen molar-refractivity contribution in [2.45, 2.75) is 20.3 Å². The van der Waals surface area contributed by atoms with Crippen LogP contribution in [-0.2, 0) is 9.59 Å². The van der Waals surface area contributed by atoms with Gasteiger partial charge in [-0.15, -0.1) is 0 Å². The van der Waals surface area contributed by atoms with Crippen LogP contribution in [0.3, 0.4) is 0 Å². The lowest BCUT2D eigenvalue weighted by molar-refractivity contribution is -0.139. The van der Waals surface area contributed by atoms with E-state index in [0.717, 1.165) is 16.2 Å². The maximum absolute atomic E-state index is 13.3. The molecule has 0 bridgehead atoms. The first-order chi connectivity index (χ1) is 18.0. The predicted octanol–water partition coefficient (Wildman–Crippen LogP) is 7.11. The maximum atomic E-state index is 13.3. The van der Waals surface area contributed by atoms with Crippen molar-refractivity contribution in [1.82, 2.24) is 0 Å². The second-order valence-electron chi connectivity index (χ2n) is 9.06. The highest BCUT2D eigenvalue weighted by atomic mass is 79.9. The van der Waals surface area contributed by atoms with Crippen molar-refractivity contribution in [1.29, 1.82) is 0 Å². The van der Waals surface area contributed by atoms with E-state index in [-0.39, 0.29) is 35.7 Å². The van der Waals surface area contributed by atoms with E-state index in [4.69, 9.17) is 4.74 Å². The summed E-state index contributed by atoms with van der Waals surface area (Å²) in [6, 6.07) is 12.3. The third kappa shape index (κ3) is 4.57. The molecule has 0 N–H and O–H groups in total. The summed E-state index contributed by atoms with van der Waals surface area (Å²) in [6.45, 7) is 3.93. The van der Waals surface area contributed by atoms with Crippen molar-refractivity contribution in [3.8, 4) is 5.75 Å². The van der Waals surface area contributed by atoms with Gasteiger partial charge in [0, 0.05) is 36.5 Å². The first kappa shape index (κ1) is 27.2. The average Bonchev–Trinajstić information content (AvgIpc) is 3.39. The third-order valence-electron chi connectivity index (χ3n) is 6.53. The molecule has 0 aliphatic carbocycles. The van der Waals surface area contributed by atoms with Crippen LogP contribution < -0.4 is 14.5 Å². The first-order valence-corrected chi connectivity index (χ1v) is 14.6. The lowest BCUT2D eigenvalue weighted by Gasteiger charge is -2.18. The van der Waals surface area contributed by atoms with Crippen LogP contribution in [0.5, 0.6) is 5.75 Å². The van der Waals surface area contributed by atoms with Gasteiger partial charge >= 0.3 is 5.97 Å². The molecule has 5 rings (SSSR count). The SMILES string of the molecule is Cc1ccc(N2C[C@H](C(=O)Oc3ccc(N4C(=O)c5c(Br)c(Br)c(Br)c(Br)c5C4=O)c(C)c3)CC2=O)cc1. The molecular formula is C27H18Br4N2O5. The zero-order chi connectivity index (χ0) is 27.5. The zero-order valence-corrected chi connectivity index (χ0v) is 26.3. The number of imide groups is 1. The van der Waals surface area contributed by atoms with Crippen LogP contribution >= 0.6 is 63.7 Å². The molecule has 2 heterocycles. The zero-order valence-electron chi connectivity index (χ0n) is 20.0. The van der Waals surface area contributed by atoms with E-state index in [1.54, 1.807) is 24.0 Å². The molecule has 7 nitrogen and oxygen atoms in total. The van der Waals surface area contributed by atoms with Crippen LogP contribution in [0.1, 0.15) is 38.3 Å². The summed E-state index contributed by atoms with van der Waals surface area (Å²) in [7, 11) is 0. The van der Waals surface area contributed by atoms with Crippen molar-refractivity contribution in [3.63, 3.8) is 0 Å². The summed E-state index contributed by atoms with van der Waals surface area (Å²) >= 11 is 13.7. The fourth-order valence-corrected chi connectivity index (χ4v) is 7.01. The summed E-state index contributed by atoms with van der Waals surface area (Å²) in [5.41, 5.74) is 3.26. The quantitative estimate of drug-likeness (QED) is 0.0930. The Bertz CT molecular complexity index is 1510. The van der Waals surface area contributed by atoms with Crippen LogP contribution in [0.2, 0.25) is 0 Å². The Hall–Kier alpha value is -2.34. The Balaban J connectivity index is 1.35. The summed E-state index contributed by atoms with van der Waals surface area (Å²) in [5, 5.41) is 0. The van der Waals surface area contributed by atoms with Gasteiger partial charge in [-0.2, -0.15) is 0 Å². The second-order valence-corrected chi connectivity index (χ2v) is 12.2. The molecule has 3 aromatic carbocycles. The summed E-state index contributed by atoms with van der Waals surface area (Å²) in [4.78, 5) is 54.8. The minimum absolute atomic E-state index is 0.0632. The van der Waals surface area contributed by atoms with Gasteiger partial charge in [0.1, 0.15) is 5.75 Å². The van der Waals surface area contributed by atoms with E-state index >= 15 is 0 Å². The Labute approximate surface area is 252 Å². The monoisotopic (exact) mass is 766 g/mol. The van der Waals surface area contributed by atoms with Gasteiger partial charge in [-0.25, -0.2) is 4.90 Å². The smallest absolute Gasteiger partial charge is 0.316 e. The van der Waals surface area contributed by atoms with Crippen molar-refractivity contribution in [2.75, 3.05) is 16.3 Å². The highest BCUT2D eigenvalue weighted by molar-refractivity contribution is 9.15. The van der Waals surface area contributed by atoms with E-state index in [2.05, 4.69) is 63.7 Å². The number of hydrogen-bond acceptors (Lipinski definition) is 5. The molecule has 0 saturated carbocycles. The summed E-state index contributed by atoms with van der Waals surface area (Å²) < 4.78 is 7.76. The Morgan fingerprint density at radius 2 is 1.42 bits per heavy atom. The largest absolute Gasteiger partial charge is 0.426 e. The van der Waals surface area contributed by atoms with E-state index in [0.29, 0.717) is 29.1 Å². The Kier molecular flexibility index (Phi) is 7.40. The maximum Gasteiger partial charge on any atom is 0.316 e. The molecule has 0 aromatic heterocycles. The second kappa shape index (κ2) is 10.3. The van der Waals surface area contributed by atoms with Crippen LogP contribution in [0.25, 0.3) is 0 Å². The van der Waals surface area contributed by atoms with Gasteiger partial charge in [0.05, 0.1) is 22.7 Å². The fourth-order valence-electron chi connectivity index (χ4n) is 4.55. The number of amides is 3. The lowest BCUT2D eigenvalue weighted by Crippen LogP contribution is -2.30. The minimum Gasteiger partial charge on any atom is -0.426 e. The third-order valence-corrected chi connectivity index (χ3v) is 11.3. The number of esters is 1. The minimum atomic E-state index is -0.605. The van der Waals surface area contributed by atoms with Crippen molar-refractivity contribution < 1.29 is 23.9 Å². The molecule has 1 atom stereocenters. The Morgan fingerprint density at radius 1 is 0.842 bits per heavy atom. The van der Waals surface area contributed by atoms with Crippen molar-refractivity contribution in [3.05, 3.63) is 82.6 Å². The van der Waals surface area contributed by atoms with Gasteiger partial charge in [0.25, 0.3) is 11.8 Å². The standard InChI is InChI=1S/C27H18Br4N2O5/c1-12-3-5-15(6-4-12)32-11-14(10-18(32)34)27(37)38-16-7-8-17(13(2)9-16)33-25(35)19-20(26(33)36)22(29)24(31)23(30)21(19)28/h3-9,14H,10-11H2,1-2H3/t14-/m1/s1. The van der Waals surface area contributed by atoms with E-state index < -0.39 is 23.7 Å². The molecule has 2 aliphatic heterocycles. The molecule has 0 spiro atoms. The molecule has 11 heteroatoms. The average molecular weight is 770 g/mol. The van der Waals surface area contributed by atoms with E-state index in [1.165, 1.54) is 6.07 Å². The lowest BCUT2D eigenvalue weighted by atomic mass is 10.1. The highest BCUT2D eigenvalue weighted by Gasteiger charge is 2.42. The molecule has 3 amide bonds. The van der Waals surface area contributed by atoms with Gasteiger partial charge in [-0.05, 0) is 113 Å². The van der Waals surface area contributed by atoms with Crippen molar-refractivity contribution in [2.24, 2.45) is 5.92 Å². The topological polar surface area (TPSA) is 84.0 Å². The molecule has 0 unspecified atom stereocenters. The molecule has 1 fully saturated rings. The van der Waals surface area contributed by atoms with Gasteiger partial charge < -0.3 is 9.64 Å². The number of anilines is 2. The first-order valence-electron chi connectivity index (χ1n) is 11.4. The summed E-state index contributed by atoms with van der Waals surface area (Å²) in [5.74, 6) is -1.93.